The van der Waals surface area contributed by atoms with Gasteiger partial charge in [-0.3, -0.25) is 4.79 Å². The van der Waals surface area contributed by atoms with Crippen molar-refractivity contribution < 1.29 is 29.7 Å². The first-order valence-corrected chi connectivity index (χ1v) is 10.0. The van der Waals surface area contributed by atoms with Gasteiger partial charge in [0.15, 0.2) is 6.10 Å². The predicted octanol–water partition coefficient (Wildman–Crippen LogP) is 3.49. The summed E-state index contributed by atoms with van der Waals surface area (Å²) in [5, 5.41) is 31.7. The number of carbonyl (C=O) groups is 3. The third-order valence-corrected chi connectivity index (χ3v) is 5.25. The molecular weight excluding hydrogens is 434 g/mol. The molecule has 0 heterocycles. The van der Waals surface area contributed by atoms with Crippen LogP contribution in [0, 0.1) is 0 Å². The van der Waals surface area contributed by atoms with Crippen molar-refractivity contribution in [1.29, 1.82) is 0 Å². The van der Waals surface area contributed by atoms with Crippen LogP contribution in [0.4, 0.5) is 0 Å². The molecule has 3 aromatic rings. The van der Waals surface area contributed by atoms with Crippen molar-refractivity contribution in [3.63, 3.8) is 0 Å². The first-order chi connectivity index (χ1) is 15.3. The van der Waals surface area contributed by atoms with Gasteiger partial charge in [0.05, 0.1) is 11.6 Å². The maximum absolute atomic E-state index is 12.9. The number of hydrogen-bond acceptors (Lipinski definition) is 4. The summed E-state index contributed by atoms with van der Waals surface area (Å²) in [6.07, 6.45) is -1.72. The molecular formula is C24H20ClNO6. The number of aliphatic hydroxyl groups excluding tert-OH is 1. The number of carboxylic acids is 2. The van der Waals surface area contributed by atoms with E-state index in [0.717, 1.165) is 5.56 Å². The fraction of sp³-hybridized carbons (Fsp3) is 0.125. The van der Waals surface area contributed by atoms with Gasteiger partial charge >= 0.3 is 11.9 Å². The second kappa shape index (κ2) is 10.1. The van der Waals surface area contributed by atoms with E-state index in [1.54, 1.807) is 48.5 Å². The zero-order chi connectivity index (χ0) is 23.3. The van der Waals surface area contributed by atoms with Crippen LogP contribution in [0.15, 0.2) is 72.8 Å². The molecule has 3 rings (SSSR count). The molecule has 0 aliphatic rings. The molecule has 0 radical (unpaired) electrons. The molecule has 0 saturated carbocycles. The van der Waals surface area contributed by atoms with Crippen LogP contribution in [0.25, 0.3) is 11.1 Å². The summed E-state index contributed by atoms with van der Waals surface area (Å²) in [4.78, 5) is 35.8. The second-order valence-electron chi connectivity index (χ2n) is 7.10. The van der Waals surface area contributed by atoms with Gasteiger partial charge in [0.2, 0.25) is 0 Å². The third-order valence-electron chi connectivity index (χ3n) is 4.93. The van der Waals surface area contributed by atoms with Gasteiger partial charge in [0.1, 0.15) is 0 Å². The van der Waals surface area contributed by atoms with Crippen LogP contribution in [-0.2, 0) is 11.2 Å². The molecule has 4 N–H and O–H groups in total. The maximum Gasteiger partial charge on any atom is 0.336 e. The SMILES string of the molecule is O=C(N[C@H](Cc1ccccc1)[C@@H](O)C(=O)O)c1ccc(Cl)c(-c2ccccc2C(=O)O)c1. The molecule has 164 valence electrons. The zero-order valence-corrected chi connectivity index (χ0v) is 17.5. The quantitative estimate of drug-likeness (QED) is 0.414. The average Bonchev–Trinajstić information content (AvgIpc) is 2.79. The van der Waals surface area contributed by atoms with Gasteiger partial charge in [-0.2, -0.15) is 0 Å². The van der Waals surface area contributed by atoms with Crippen molar-refractivity contribution in [1.82, 2.24) is 5.32 Å². The lowest BCUT2D eigenvalue weighted by atomic mass is 9.97. The zero-order valence-electron chi connectivity index (χ0n) is 16.7. The van der Waals surface area contributed by atoms with E-state index < -0.39 is 30.0 Å². The Bertz CT molecular complexity index is 1150. The number of carboxylic acid groups (broad SMARTS) is 2. The van der Waals surface area contributed by atoms with Crippen molar-refractivity contribution in [2.75, 3.05) is 0 Å². The Balaban J connectivity index is 1.92. The average molecular weight is 454 g/mol. The monoisotopic (exact) mass is 453 g/mol. The summed E-state index contributed by atoms with van der Waals surface area (Å²) in [7, 11) is 0. The van der Waals surface area contributed by atoms with E-state index in [4.69, 9.17) is 11.6 Å². The molecule has 0 aliphatic heterocycles. The van der Waals surface area contributed by atoms with Gasteiger partial charge in [0.25, 0.3) is 5.91 Å². The molecule has 0 bridgehead atoms. The first kappa shape index (κ1) is 23.0. The molecule has 3 aromatic carbocycles. The summed E-state index contributed by atoms with van der Waals surface area (Å²) >= 11 is 6.27. The molecule has 7 nitrogen and oxygen atoms in total. The second-order valence-corrected chi connectivity index (χ2v) is 7.51. The highest BCUT2D eigenvalue weighted by Crippen LogP contribution is 2.31. The summed E-state index contributed by atoms with van der Waals surface area (Å²) in [6, 6.07) is 18.4. The van der Waals surface area contributed by atoms with Crippen LogP contribution >= 0.6 is 11.6 Å². The summed E-state index contributed by atoms with van der Waals surface area (Å²) in [6.45, 7) is 0. The van der Waals surface area contributed by atoms with Gasteiger partial charge in [-0.15, -0.1) is 0 Å². The number of benzene rings is 3. The minimum Gasteiger partial charge on any atom is -0.479 e. The highest BCUT2D eigenvalue weighted by atomic mass is 35.5. The molecule has 32 heavy (non-hydrogen) atoms. The van der Waals surface area contributed by atoms with Gasteiger partial charge in [-0.05, 0) is 41.8 Å². The van der Waals surface area contributed by atoms with Crippen molar-refractivity contribution in [2.24, 2.45) is 0 Å². The molecule has 0 aliphatic carbocycles. The molecule has 0 fully saturated rings. The standard InChI is InChI=1S/C24H20ClNO6/c25-19-11-10-15(13-18(19)16-8-4-5-9-17(16)23(29)30)22(28)26-20(21(27)24(31)32)12-14-6-2-1-3-7-14/h1-11,13,20-21,27H,12H2,(H,26,28)(H,29,30)(H,31,32)/t20-,21-/m1/s1. The van der Waals surface area contributed by atoms with Crippen LogP contribution < -0.4 is 5.32 Å². The Morgan fingerprint density at radius 1 is 0.875 bits per heavy atom. The van der Waals surface area contributed by atoms with Crippen molar-refractivity contribution >= 4 is 29.4 Å². The molecule has 0 saturated heterocycles. The van der Waals surface area contributed by atoms with Crippen molar-refractivity contribution in [3.8, 4) is 11.1 Å². The third kappa shape index (κ3) is 5.32. The van der Waals surface area contributed by atoms with E-state index >= 15 is 0 Å². The first-order valence-electron chi connectivity index (χ1n) is 9.66. The predicted molar refractivity (Wildman–Crippen MR) is 119 cm³/mol. The molecule has 0 unspecified atom stereocenters. The number of carbonyl (C=O) groups excluding carboxylic acids is 1. The minimum absolute atomic E-state index is 0.0233. The lowest BCUT2D eigenvalue weighted by Crippen LogP contribution is -2.48. The molecule has 2 atom stereocenters. The highest BCUT2D eigenvalue weighted by molar-refractivity contribution is 6.33. The number of rotatable bonds is 8. The van der Waals surface area contributed by atoms with E-state index in [2.05, 4.69) is 5.32 Å². The van der Waals surface area contributed by atoms with E-state index in [1.807, 2.05) is 0 Å². The van der Waals surface area contributed by atoms with E-state index in [1.165, 1.54) is 24.3 Å². The Hall–Kier alpha value is -3.68. The number of amides is 1. The lowest BCUT2D eigenvalue weighted by Gasteiger charge is -2.22. The summed E-state index contributed by atoms with van der Waals surface area (Å²) in [5.74, 6) is -3.23. The minimum atomic E-state index is -1.82. The van der Waals surface area contributed by atoms with Crippen molar-refractivity contribution in [2.45, 2.75) is 18.6 Å². The Morgan fingerprint density at radius 3 is 2.19 bits per heavy atom. The van der Waals surface area contributed by atoms with Crippen LogP contribution in [0.3, 0.4) is 0 Å². The summed E-state index contributed by atoms with van der Waals surface area (Å²) < 4.78 is 0. The maximum atomic E-state index is 12.9. The summed E-state index contributed by atoms with van der Waals surface area (Å²) in [5.41, 5.74) is 1.59. The number of aromatic carboxylic acids is 1. The van der Waals surface area contributed by atoms with Crippen LogP contribution in [0.2, 0.25) is 5.02 Å². The van der Waals surface area contributed by atoms with Crippen LogP contribution in [-0.4, -0.2) is 45.3 Å². The normalized spacial score (nSPS) is 12.6. The van der Waals surface area contributed by atoms with E-state index in [-0.39, 0.29) is 22.6 Å². The molecule has 8 heteroatoms. The Kier molecular flexibility index (Phi) is 7.25. The van der Waals surface area contributed by atoms with E-state index in [9.17, 15) is 29.7 Å². The number of nitrogens with one attached hydrogen (secondary N) is 1. The van der Waals surface area contributed by atoms with Gasteiger partial charge < -0.3 is 20.6 Å². The fourth-order valence-corrected chi connectivity index (χ4v) is 3.53. The molecule has 1 amide bonds. The molecule has 0 aromatic heterocycles. The van der Waals surface area contributed by atoms with Crippen molar-refractivity contribution in [3.05, 3.63) is 94.5 Å². The van der Waals surface area contributed by atoms with Crippen LogP contribution in [0.1, 0.15) is 26.3 Å². The number of aliphatic hydroxyl groups is 1. The topological polar surface area (TPSA) is 124 Å². The fourth-order valence-electron chi connectivity index (χ4n) is 3.31. The Morgan fingerprint density at radius 2 is 1.53 bits per heavy atom. The largest absolute Gasteiger partial charge is 0.479 e. The van der Waals surface area contributed by atoms with Gasteiger partial charge in [-0.1, -0.05) is 60.1 Å². The lowest BCUT2D eigenvalue weighted by molar-refractivity contribution is -0.148. The van der Waals surface area contributed by atoms with Gasteiger partial charge in [0, 0.05) is 16.1 Å². The van der Waals surface area contributed by atoms with E-state index in [0.29, 0.717) is 11.1 Å². The number of hydrogen-bond donors (Lipinski definition) is 4. The number of aliphatic carboxylic acids is 1. The van der Waals surface area contributed by atoms with Gasteiger partial charge in [-0.25, -0.2) is 9.59 Å². The number of halogens is 1. The Labute approximate surface area is 188 Å². The highest BCUT2D eigenvalue weighted by Gasteiger charge is 2.28. The smallest absolute Gasteiger partial charge is 0.336 e. The van der Waals surface area contributed by atoms with Crippen LogP contribution in [0.5, 0.6) is 0 Å². The molecule has 0 spiro atoms.